The molecule has 0 radical (unpaired) electrons. The van der Waals surface area contributed by atoms with Crippen molar-refractivity contribution in [2.75, 3.05) is 6.54 Å². The van der Waals surface area contributed by atoms with Crippen LogP contribution < -0.4 is 10.8 Å². The maximum absolute atomic E-state index is 11.2. The van der Waals surface area contributed by atoms with Crippen LogP contribution >= 0.6 is 0 Å². The van der Waals surface area contributed by atoms with Crippen molar-refractivity contribution in [2.45, 2.75) is 148 Å². The highest BCUT2D eigenvalue weighted by Crippen LogP contribution is 2.23. The van der Waals surface area contributed by atoms with Crippen LogP contribution in [0.2, 0.25) is 0 Å². The molecule has 0 fully saturated rings. The van der Waals surface area contributed by atoms with E-state index in [4.69, 9.17) is 5.73 Å². The van der Waals surface area contributed by atoms with Crippen molar-refractivity contribution in [3.63, 3.8) is 0 Å². The number of carboxylic acids is 1. The Kier molecular flexibility index (Phi) is 18.7. The summed E-state index contributed by atoms with van der Waals surface area (Å²) >= 11 is 0. The van der Waals surface area contributed by atoms with E-state index in [-0.39, 0.29) is 17.2 Å². The van der Waals surface area contributed by atoms with E-state index in [2.05, 4.69) is 24.1 Å². The van der Waals surface area contributed by atoms with E-state index in [1.807, 2.05) is 6.92 Å². The molecule has 0 aliphatic carbocycles. The van der Waals surface area contributed by atoms with Gasteiger partial charge in [-0.15, -0.1) is 0 Å². The van der Waals surface area contributed by atoms with Crippen LogP contribution in [0.5, 0.6) is 0 Å². The van der Waals surface area contributed by atoms with Gasteiger partial charge in [0.2, 0.25) is 5.84 Å². The van der Waals surface area contributed by atoms with Crippen molar-refractivity contribution in [3.8, 4) is 0 Å². The minimum absolute atomic E-state index is 0.0946. The summed E-state index contributed by atoms with van der Waals surface area (Å²) in [4.78, 5) is 15.6. The number of hydrogen-bond acceptors (Lipinski definition) is 4. The zero-order chi connectivity index (χ0) is 25.6. The number of nitrogens with zero attached hydrogens (tertiary/aromatic N) is 2. The van der Waals surface area contributed by atoms with Crippen LogP contribution in [0.15, 0.2) is 29.5 Å². The van der Waals surface area contributed by atoms with Gasteiger partial charge in [0.05, 0.1) is 12.2 Å². The summed E-state index contributed by atoms with van der Waals surface area (Å²) in [7, 11) is 0. The third-order valence-corrected chi connectivity index (χ3v) is 7.32. The SMILES string of the molecule is CCCCCCCCCCCCCCCCC/C=C/CCCCC1=NC=C[N+]1(CC(=O)[O-])C(C)N. The van der Waals surface area contributed by atoms with Gasteiger partial charge in [0, 0.05) is 13.3 Å². The van der Waals surface area contributed by atoms with Gasteiger partial charge in [-0.25, -0.2) is 9.48 Å². The van der Waals surface area contributed by atoms with Crippen LogP contribution in [0.1, 0.15) is 142 Å². The molecular formula is C30H55N3O2. The number of carbonyl (C=O) groups is 1. The van der Waals surface area contributed by atoms with Crippen LogP contribution in [0, 0.1) is 0 Å². The van der Waals surface area contributed by atoms with Crippen molar-refractivity contribution in [3.05, 3.63) is 24.6 Å². The second-order valence-corrected chi connectivity index (χ2v) is 10.5. The maximum atomic E-state index is 11.2. The zero-order valence-corrected chi connectivity index (χ0v) is 23.0. The average molecular weight is 490 g/mol. The van der Waals surface area contributed by atoms with E-state index < -0.39 is 5.97 Å². The topological polar surface area (TPSA) is 78.5 Å². The van der Waals surface area contributed by atoms with Crippen molar-refractivity contribution in [1.29, 1.82) is 0 Å². The smallest absolute Gasteiger partial charge is 0.209 e. The van der Waals surface area contributed by atoms with Crippen LogP contribution in [-0.4, -0.2) is 29.0 Å². The summed E-state index contributed by atoms with van der Waals surface area (Å²) < 4.78 is 0.0946. The number of aliphatic imine (C=N–C) groups is 1. The number of aliphatic carboxylic acids is 1. The molecule has 1 aliphatic heterocycles. The van der Waals surface area contributed by atoms with Gasteiger partial charge in [0.15, 0.2) is 0 Å². The lowest BCUT2D eigenvalue weighted by Gasteiger charge is -2.36. The molecule has 0 aromatic carbocycles. The molecule has 0 saturated heterocycles. The van der Waals surface area contributed by atoms with Crippen LogP contribution in [0.4, 0.5) is 0 Å². The van der Waals surface area contributed by atoms with E-state index in [0.717, 1.165) is 31.5 Å². The van der Waals surface area contributed by atoms with E-state index in [0.29, 0.717) is 0 Å². The Balaban J connectivity index is 1.91. The Labute approximate surface area is 216 Å². The third-order valence-electron chi connectivity index (χ3n) is 7.32. The minimum Gasteiger partial charge on any atom is -0.544 e. The van der Waals surface area contributed by atoms with Gasteiger partial charge in [-0.1, -0.05) is 109 Å². The highest BCUT2D eigenvalue weighted by atomic mass is 16.4. The molecule has 2 N–H and O–H groups in total. The average Bonchev–Trinajstić information content (AvgIpc) is 3.23. The molecule has 0 aromatic heterocycles. The second kappa shape index (κ2) is 20.7. The standard InChI is InChI=1S/C30H55N3O2/c1-3-4-5-6-7-8-9-10-11-12-13-14-15-16-17-18-19-20-21-22-23-24-29-32-25-26-33(29,28(2)31)27-30(34)35/h19-20,25-26,28H,3-18,21-24,27,31H2,1-2H3/b20-19+. The maximum Gasteiger partial charge on any atom is 0.209 e. The van der Waals surface area contributed by atoms with Crippen molar-refractivity contribution < 1.29 is 14.4 Å². The molecule has 1 heterocycles. The molecule has 0 saturated carbocycles. The van der Waals surface area contributed by atoms with Crippen LogP contribution in [-0.2, 0) is 4.79 Å². The van der Waals surface area contributed by atoms with Gasteiger partial charge < -0.3 is 9.90 Å². The number of hydrogen-bond donors (Lipinski definition) is 1. The summed E-state index contributed by atoms with van der Waals surface area (Å²) in [5.41, 5.74) is 6.09. The lowest BCUT2D eigenvalue weighted by molar-refractivity contribution is -0.808. The molecule has 5 nitrogen and oxygen atoms in total. The Bertz CT molecular complexity index is 627. The van der Waals surface area contributed by atoms with Gasteiger partial charge in [0.25, 0.3) is 0 Å². The van der Waals surface area contributed by atoms with E-state index in [1.165, 1.54) is 103 Å². The number of amidine groups is 1. The molecular weight excluding hydrogens is 434 g/mol. The first-order valence-electron chi connectivity index (χ1n) is 14.8. The van der Waals surface area contributed by atoms with E-state index in [9.17, 15) is 9.90 Å². The number of carboxylic acid groups (broad SMARTS) is 1. The Morgan fingerprint density at radius 1 is 0.857 bits per heavy atom. The fourth-order valence-electron chi connectivity index (χ4n) is 4.99. The fourth-order valence-corrected chi connectivity index (χ4v) is 4.99. The molecule has 0 aromatic rings. The van der Waals surface area contributed by atoms with Crippen molar-refractivity contribution in [1.82, 2.24) is 0 Å². The van der Waals surface area contributed by atoms with Crippen molar-refractivity contribution >= 4 is 11.8 Å². The van der Waals surface area contributed by atoms with Gasteiger partial charge in [0.1, 0.15) is 18.9 Å². The molecule has 1 aliphatic rings. The number of carbonyl (C=O) groups excluding carboxylic acids is 1. The van der Waals surface area contributed by atoms with Crippen LogP contribution in [0.25, 0.3) is 0 Å². The highest BCUT2D eigenvalue weighted by Gasteiger charge is 2.38. The third kappa shape index (κ3) is 14.6. The van der Waals surface area contributed by atoms with E-state index in [1.54, 1.807) is 12.4 Å². The summed E-state index contributed by atoms with van der Waals surface area (Å²) in [6.07, 6.45) is 34.0. The van der Waals surface area contributed by atoms with E-state index >= 15 is 0 Å². The zero-order valence-electron chi connectivity index (χ0n) is 23.0. The van der Waals surface area contributed by atoms with Gasteiger partial charge in [-0.3, -0.25) is 5.73 Å². The molecule has 5 heteroatoms. The summed E-state index contributed by atoms with van der Waals surface area (Å²) in [5.74, 6) is -0.255. The number of quaternary nitrogens is 1. The monoisotopic (exact) mass is 489 g/mol. The van der Waals surface area contributed by atoms with Crippen molar-refractivity contribution in [2.24, 2.45) is 10.7 Å². The molecule has 35 heavy (non-hydrogen) atoms. The van der Waals surface area contributed by atoms with Crippen LogP contribution in [0.3, 0.4) is 0 Å². The summed E-state index contributed by atoms with van der Waals surface area (Å²) in [6, 6.07) is 0. The Hall–Kier alpha value is -1.46. The molecule has 0 bridgehead atoms. The predicted molar refractivity (Wildman–Crippen MR) is 148 cm³/mol. The molecule has 202 valence electrons. The normalized spacial score (nSPS) is 18.4. The van der Waals surface area contributed by atoms with Gasteiger partial charge >= 0.3 is 0 Å². The quantitative estimate of drug-likeness (QED) is 0.0890. The Morgan fingerprint density at radius 2 is 1.31 bits per heavy atom. The lowest BCUT2D eigenvalue weighted by Crippen LogP contribution is -2.60. The number of nitrogens with two attached hydrogens (primary N) is 1. The number of unbranched alkanes of at least 4 members (excludes halogenated alkanes) is 17. The molecule has 1 rings (SSSR count). The number of rotatable bonds is 24. The molecule has 2 unspecified atom stereocenters. The van der Waals surface area contributed by atoms with Gasteiger partial charge in [-0.2, -0.15) is 0 Å². The first kappa shape index (κ1) is 31.6. The second-order valence-electron chi connectivity index (χ2n) is 10.5. The largest absolute Gasteiger partial charge is 0.544 e. The first-order chi connectivity index (χ1) is 17.0. The predicted octanol–water partition coefficient (Wildman–Crippen LogP) is 7.12. The lowest BCUT2D eigenvalue weighted by atomic mass is 10.0. The Morgan fingerprint density at radius 3 is 1.77 bits per heavy atom. The van der Waals surface area contributed by atoms with Gasteiger partial charge in [-0.05, 0) is 32.1 Å². The first-order valence-corrected chi connectivity index (χ1v) is 14.8. The number of allylic oxidation sites excluding steroid dienone is 2. The molecule has 0 spiro atoms. The molecule has 2 atom stereocenters. The highest BCUT2D eigenvalue weighted by molar-refractivity contribution is 5.81. The summed E-state index contributed by atoms with van der Waals surface area (Å²) in [6.45, 7) is 3.97. The fraction of sp³-hybridized carbons (Fsp3) is 0.800. The molecule has 0 amide bonds. The summed E-state index contributed by atoms with van der Waals surface area (Å²) in [5, 5.41) is 11.2. The minimum atomic E-state index is -1.09.